The lowest BCUT2D eigenvalue weighted by Crippen LogP contribution is -2.37. The van der Waals surface area contributed by atoms with Crippen molar-refractivity contribution in [1.29, 1.82) is 0 Å². The van der Waals surface area contributed by atoms with E-state index in [1.54, 1.807) is 6.08 Å². The number of carbonyl (C=O) groups is 2. The average Bonchev–Trinajstić information content (AvgIpc) is 4.07. The van der Waals surface area contributed by atoms with E-state index in [2.05, 4.69) is 45.4 Å². The van der Waals surface area contributed by atoms with Gasteiger partial charge in [-0.2, -0.15) is 0 Å². The summed E-state index contributed by atoms with van der Waals surface area (Å²) in [6, 6.07) is 4.19. The molecule has 4 aliphatic rings. The molecule has 4 aromatic rings. The summed E-state index contributed by atoms with van der Waals surface area (Å²) in [5, 5.41) is 6.40. The molecule has 0 radical (unpaired) electrons. The minimum absolute atomic E-state index is 0.0803. The van der Waals surface area contributed by atoms with E-state index in [4.69, 9.17) is 15.0 Å². The molecule has 16 nitrogen and oxygen atoms in total. The van der Waals surface area contributed by atoms with Gasteiger partial charge < -0.3 is 30.2 Å². The van der Waals surface area contributed by atoms with Gasteiger partial charge in [0.25, 0.3) is 11.8 Å². The summed E-state index contributed by atoms with van der Waals surface area (Å²) in [5.41, 5.74) is 4.98. The molecular formula is C50H72N14O2. The molecule has 4 aromatic heterocycles. The first-order chi connectivity index (χ1) is 31.8. The molecule has 2 N–H and O–H groups in total. The van der Waals surface area contributed by atoms with Crippen molar-refractivity contribution in [3.05, 3.63) is 69.3 Å². The number of carbonyl (C=O) groups excluding carboxylic acids is 2. The molecule has 0 aromatic carbocycles. The molecule has 66 heavy (non-hydrogen) atoms. The lowest BCUT2D eigenvalue weighted by molar-refractivity contribution is 0.0914. The van der Waals surface area contributed by atoms with Crippen LogP contribution in [0, 0.1) is 27.7 Å². The van der Waals surface area contributed by atoms with Gasteiger partial charge in [-0.3, -0.25) is 9.59 Å². The largest absolute Gasteiger partial charge is 0.362 e. The highest BCUT2D eigenvalue weighted by Gasteiger charge is 2.24. The molecule has 2 aliphatic carbocycles. The zero-order valence-electron chi connectivity index (χ0n) is 40.8. The fraction of sp³-hybridized carbons (Fsp3) is 0.600. The molecule has 4 fully saturated rings. The molecule has 6 heterocycles. The highest BCUT2D eigenvalue weighted by molar-refractivity contribution is 5.94. The summed E-state index contributed by atoms with van der Waals surface area (Å²) in [6.45, 7) is 11.9. The number of nitrogens with zero attached hydrogens (tertiary/aromatic N) is 12. The van der Waals surface area contributed by atoms with Crippen molar-refractivity contribution < 1.29 is 9.59 Å². The zero-order valence-corrected chi connectivity index (χ0v) is 40.8. The highest BCUT2D eigenvalue weighted by atomic mass is 16.2. The van der Waals surface area contributed by atoms with E-state index in [1.807, 2.05) is 83.9 Å². The number of rotatable bonds is 13. The Morgan fingerprint density at radius 2 is 0.955 bits per heavy atom. The molecular weight excluding hydrogens is 829 g/mol. The van der Waals surface area contributed by atoms with Crippen LogP contribution in [0.1, 0.15) is 157 Å². The fourth-order valence-electron chi connectivity index (χ4n) is 9.32. The van der Waals surface area contributed by atoms with E-state index in [0.29, 0.717) is 41.7 Å². The van der Waals surface area contributed by atoms with Gasteiger partial charge in [0.2, 0.25) is 0 Å². The summed E-state index contributed by atoms with van der Waals surface area (Å²) in [7, 11) is 7.95. The molecule has 2 saturated heterocycles. The van der Waals surface area contributed by atoms with Gasteiger partial charge in [0, 0.05) is 114 Å². The normalized spacial score (nSPS) is 16.9. The molecule has 2 aliphatic heterocycles. The van der Waals surface area contributed by atoms with Crippen molar-refractivity contribution in [2.75, 3.05) is 74.0 Å². The predicted octanol–water partition coefficient (Wildman–Crippen LogP) is 7.18. The van der Waals surface area contributed by atoms with Crippen LogP contribution in [0.2, 0.25) is 0 Å². The maximum Gasteiger partial charge on any atom is 0.270 e. The Kier molecular flexibility index (Phi) is 16.5. The van der Waals surface area contributed by atoms with Crippen LogP contribution in [0.3, 0.4) is 0 Å². The summed E-state index contributed by atoms with van der Waals surface area (Å²) < 4.78 is 0. The van der Waals surface area contributed by atoms with Crippen molar-refractivity contribution in [3.8, 4) is 0 Å². The summed E-state index contributed by atoms with van der Waals surface area (Å²) >= 11 is 0. The van der Waals surface area contributed by atoms with Crippen molar-refractivity contribution in [1.82, 2.24) is 50.5 Å². The van der Waals surface area contributed by atoms with Crippen LogP contribution < -0.4 is 30.2 Å². The third kappa shape index (κ3) is 12.8. The lowest BCUT2D eigenvalue weighted by atomic mass is 9.95. The Morgan fingerprint density at radius 3 is 1.45 bits per heavy atom. The number of aryl methyl sites for hydroxylation is 4. The first-order valence-corrected chi connectivity index (χ1v) is 24.4. The van der Waals surface area contributed by atoms with Gasteiger partial charge in [0.1, 0.15) is 46.3 Å². The maximum atomic E-state index is 13.1. The molecule has 0 atom stereocenters. The predicted molar refractivity (Wildman–Crippen MR) is 264 cm³/mol. The number of hydrogen-bond donors (Lipinski definition) is 2. The minimum atomic E-state index is -0.114. The SMILES string of the molecule is Cc1nc(/C=C/c2nc(C(=O)NC3CCCCC3)cc(N3CCCC3)n2)nc(N(C)C)c1C.Cc1nc(CCc2nc(C(=O)NC3CCCCC3)cc(N3CCCC3)n2)nc(N(C)C)c1C. The van der Waals surface area contributed by atoms with Crippen molar-refractivity contribution in [2.24, 2.45) is 0 Å². The van der Waals surface area contributed by atoms with Crippen LogP contribution >= 0.6 is 0 Å². The van der Waals surface area contributed by atoms with E-state index in [1.165, 1.54) is 38.5 Å². The van der Waals surface area contributed by atoms with Crippen LogP contribution in [0.25, 0.3) is 12.2 Å². The van der Waals surface area contributed by atoms with Gasteiger partial charge in [0.15, 0.2) is 11.6 Å². The third-order valence-corrected chi connectivity index (χ3v) is 13.3. The Labute approximate surface area is 392 Å². The second-order valence-corrected chi connectivity index (χ2v) is 18.9. The van der Waals surface area contributed by atoms with Crippen LogP contribution in [0.5, 0.6) is 0 Å². The third-order valence-electron chi connectivity index (χ3n) is 13.3. The molecule has 0 unspecified atom stereocenters. The van der Waals surface area contributed by atoms with E-state index < -0.39 is 0 Å². The van der Waals surface area contributed by atoms with Gasteiger partial charge >= 0.3 is 0 Å². The Balaban J connectivity index is 0.000000196. The van der Waals surface area contributed by atoms with E-state index in [-0.39, 0.29) is 23.9 Å². The first-order valence-electron chi connectivity index (χ1n) is 24.4. The zero-order chi connectivity index (χ0) is 46.7. The molecule has 0 spiro atoms. The van der Waals surface area contributed by atoms with Gasteiger partial charge in [0.05, 0.1) is 0 Å². The standard InChI is InChI=1S/C25H37N7O.C25H35N7O/c2*1-17-18(2)26-21(30-24(17)31(3)4)12-13-22-28-20(16-23(29-22)32-14-8-9-15-32)25(33)27-19-10-6-5-7-11-19/h16,19H,5-15H2,1-4H3,(H,27,33);12-13,16,19H,5-11,14-15H2,1-4H3,(H,27,33)/b;13-12+. The van der Waals surface area contributed by atoms with Gasteiger partial charge in [-0.05, 0) is 91.2 Å². The Morgan fingerprint density at radius 1 is 0.530 bits per heavy atom. The van der Waals surface area contributed by atoms with Gasteiger partial charge in [-0.15, -0.1) is 0 Å². The molecule has 2 saturated carbocycles. The highest BCUT2D eigenvalue weighted by Crippen LogP contribution is 2.25. The van der Waals surface area contributed by atoms with E-state index >= 15 is 0 Å². The van der Waals surface area contributed by atoms with Crippen LogP contribution in [-0.4, -0.2) is 118 Å². The average molecular weight is 901 g/mol. The molecule has 2 amide bonds. The summed E-state index contributed by atoms with van der Waals surface area (Å²) in [5.74, 6) is 5.88. The molecule has 0 bridgehead atoms. The fourth-order valence-corrected chi connectivity index (χ4v) is 9.32. The topological polar surface area (TPSA) is 174 Å². The monoisotopic (exact) mass is 901 g/mol. The lowest BCUT2D eigenvalue weighted by Gasteiger charge is -2.23. The molecule has 8 rings (SSSR count). The summed E-state index contributed by atoms with van der Waals surface area (Å²) in [6.07, 6.45) is 20.9. The molecule has 354 valence electrons. The van der Waals surface area contributed by atoms with E-state index in [0.717, 1.165) is 129 Å². The quantitative estimate of drug-likeness (QED) is 0.138. The number of anilines is 4. The second kappa shape index (κ2) is 22.6. The van der Waals surface area contributed by atoms with Gasteiger partial charge in [-0.1, -0.05) is 38.5 Å². The second-order valence-electron chi connectivity index (χ2n) is 18.9. The number of amides is 2. The van der Waals surface area contributed by atoms with Crippen molar-refractivity contribution >= 4 is 47.2 Å². The number of hydrogen-bond acceptors (Lipinski definition) is 14. The smallest absolute Gasteiger partial charge is 0.270 e. The van der Waals surface area contributed by atoms with Crippen molar-refractivity contribution in [3.63, 3.8) is 0 Å². The molecule has 16 heteroatoms. The Hall–Kier alpha value is -5.80. The maximum absolute atomic E-state index is 13.1. The van der Waals surface area contributed by atoms with E-state index in [9.17, 15) is 9.59 Å². The van der Waals surface area contributed by atoms with Crippen LogP contribution in [-0.2, 0) is 12.8 Å². The first kappa shape index (κ1) is 48.1. The number of aromatic nitrogens is 8. The number of nitrogens with one attached hydrogen (secondary N) is 2. The van der Waals surface area contributed by atoms with Crippen LogP contribution in [0.15, 0.2) is 12.1 Å². The summed E-state index contributed by atoms with van der Waals surface area (Å²) in [4.78, 5) is 72.1. The van der Waals surface area contributed by atoms with Gasteiger partial charge in [-0.25, -0.2) is 39.9 Å². The Bertz CT molecular complexity index is 2320. The van der Waals surface area contributed by atoms with Crippen molar-refractivity contribution in [2.45, 2.75) is 143 Å². The van der Waals surface area contributed by atoms with Crippen LogP contribution in [0.4, 0.5) is 23.3 Å². The minimum Gasteiger partial charge on any atom is -0.362 e.